The quantitative estimate of drug-likeness (QED) is 0.614. The lowest BCUT2D eigenvalue weighted by molar-refractivity contribution is -0.173. The molecular weight excluding hydrogens is 257 g/mol. The minimum Gasteiger partial charge on any atom is -0.399 e. The number of nitrogen functional groups attached to an aromatic ring is 1. The number of benzene rings is 1. The van der Waals surface area contributed by atoms with Crippen molar-refractivity contribution < 1.29 is 17.9 Å². The maximum Gasteiger partial charge on any atom is 0.411 e. The van der Waals surface area contributed by atoms with E-state index in [4.69, 9.17) is 5.73 Å². The largest absolute Gasteiger partial charge is 0.411 e. The summed E-state index contributed by atoms with van der Waals surface area (Å²) in [5.74, 6) is 0. The van der Waals surface area contributed by atoms with E-state index in [0.717, 1.165) is 12.2 Å². The highest BCUT2D eigenvalue weighted by Gasteiger charge is 2.27. The van der Waals surface area contributed by atoms with Crippen LogP contribution >= 0.6 is 0 Å². The fourth-order valence-corrected chi connectivity index (χ4v) is 1.74. The molecule has 2 N–H and O–H groups in total. The summed E-state index contributed by atoms with van der Waals surface area (Å²) in [6.07, 6.45) is -3.71. The van der Waals surface area contributed by atoms with Crippen molar-refractivity contribution in [2.45, 2.75) is 19.5 Å². The van der Waals surface area contributed by atoms with Crippen molar-refractivity contribution in [2.75, 3.05) is 36.9 Å². The first-order chi connectivity index (χ1) is 8.92. The van der Waals surface area contributed by atoms with Gasteiger partial charge in [-0.3, -0.25) is 0 Å². The Morgan fingerprint density at radius 1 is 1.32 bits per heavy atom. The summed E-state index contributed by atoms with van der Waals surface area (Å²) in [6.45, 7) is 2.30. The maximum absolute atomic E-state index is 11.9. The van der Waals surface area contributed by atoms with E-state index in [-0.39, 0.29) is 6.61 Å². The number of nitrogens with two attached hydrogens (primary N) is 1. The van der Waals surface area contributed by atoms with Gasteiger partial charge in [0, 0.05) is 31.1 Å². The van der Waals surface area contributed by atoms with Crippen LogP contribution in [0.5, 0.6) is 0 Å². The topological polar surface area (TPSA) is 38.5 Å². The second kappa shape index (κ2) is 7.23. The monoisotopic (exact) mass is 276 g/mol. The first kappa shape index (κ1) is 15.6. The molecule has 0 bridgehead atoms. The predicted octanol–water partition coefficient (Wildman–Crippen LogP) is 3.06. The number of rotatable bonds is 7. The van der Waals surface area contributed by atoms with Crippen molar-refractivity contribution >= 4 is 11.4 Å². The molecule has 0 heterocycles. The second-order valence-corrected chi connectivity index (χ2v) is 4.20. The molecule has 1 aromatic rings. The third kappa shape index (κ3) is 6.33. The average Bonchev–Trinajstić information content (AvgIpc) is 2.32. The zero-order chi connectivity index (χ0) is 14.3. The van der Waals surface area contributed by atoms with E-state index in [0.29, 0.717) is 18.7 Å². The number of halogens is 3. The van der Waals surface area contributed by atoms with Crippen molar-refractivity contribution in [3.05, 3.63) is 24.3 Å². The van der Waals surface area contributed by atoms with Gasteiger partial charge in [-0.2, -0.15) is 13.2 Å². The standard InChI is InChI=1S/C13H19F3N2O/c1-2-18(12-6-3-5-11(17)9-12)7-4-8-19-10-13(14,15)16/h3,5-6,9H,2,4,7-8,10,17H2,1H3. The Kier molecular flexibility index (Phi) is 5.95. The molecule has 0 spiro atoms. The lowest BCUT2D eigenvalue weighted by Gasteiger charge is -2.23. The number of alkyl halides is 3. The second-order valence-electron chi connectivity index (χ2n) is 4.20. The molecule has 0 aliphatic rings. The molecule has 3 nitrogen and oxygen atoms in total. The number of hydrogen-bond acceptors (Lipinski definition) is 3. The molecule has 6 heteroatoms. The molecule has 0 atom stereocenters. The van der Waals surface area contributed by atoms with Gasteiger partial charge in [0.05, 0.1) is 0 Å². The molecule has 0 unspecified atom stereocenters. The van der Waals surface area contributed by atoms with Crippen LogP contribution < -0.4 is 10.6 Å². The normalized spacial score (nSPS) is 11.6. The molecule has 0 aliphatic carbocycles. The minimum atomic E-state index is -4.25. The molecule has 0 radical (unpaired) electrons. The van der Waals surface area contributed by atoms with Crippen LogP contribution in [0.2, 0.25) is 0 Å². The smallest absolute Gasteiger partial charge is 0.399 e. The van der Waals surface area contributed by atoms with Crippen molar-refractivity contribution in [3.63, 3.8) is 0 Å². The van der Waals surface area contributed by atoms with E-state index in [1.54, 1.807) is 6.07 Å². The van der Waals surface area contributed by atoms with Crippen LogP contribution in [-0.2, 0) is 4.74 Å². The van der Waals surface area contributed by atoms with Gasteiger partial charge in [0.2, 0.25) is 0 Å². The van der Waals surface area contributed by atoms with Gasteiger partial charge in [0.15, 0.2) is 0 Å². The highest BCUT2D eigenvalue weighted by molar-refractivity contribution is 5.55. The Balaban J connectivity index is 2.34. The van der Waals surface area contributed by atoms with Crippen LogP contribution in [-0.4, -0.2) is 32.5 Å². The van der Waals surface area contributed by atoms with Gasteiger partial charge >= 0.3 is 6.18 Å². The summed E-state index contributed by atoms with van der Waals surface area (Å²) in [4.78, 5) is 2.05. The van der Waals surface area contributed by atoms with Gasteiger partial charge in [0.25, 0.3) is 0 Å². The number of anilines is 2. The Bertz CT molecular complexity index is 382. The molecule has 0 aromatic heterocycles. The van der Waals surface area contributed by atoms with Crippen molar-refractivity contribution in [1.82, 2.24) is 0 Å². The SMILES string of the molecule is CCN(CCCOCC(F)(F)F)c1cccc(N)c1. The number of nitrogens with zero attached hydrogens (tertiary/aromatic N) is 1. The number of hydrogen-bond donors (Lipinski definition) is 1. The minimum absolute atomic E-state index is 0.0956. The molecule has 0 saturated heterocycles. The molecule has 19 heavy (non-hydrogen) atoms. The van der Waals surface area contributed by atoms with Gasteiger partial charge in [-0.25, -0.2) is 0 Å². The molecular formula is C13H19F3N2O. The van der Waals surface area contributed by atoms with Crippen LogP contribution in [0.4, 0.5) is 24.5 Å². The fourth-order valence-electron chi connectivity index (χ4n) is 1.74. The van der Waals surface area contributed by atoms with Crippen molar-refractivity contribution in [2.24, 2.45) is 0 Å². The summed E-state index contributed by atoms with van der Waals surface area (Å²) < 4.78 is 40.2. The third-order valence-corrected chi connectivity index (χ3v) is 2.60. The molecule has 0 fully saturated rings. The van der Waals surface area contributed by atoms with E-state index < -0.39 is 12.8 Å². The highest BCUT2D eigenvalue weighted by atomic mass is 19.4. The Morgan fingerprint density at radius 3 is 2.63 bits per heavy atom. The molecule has 0 aliphatic heterocycles. The molecule has 0 amide bonds. The van der Waals surface area contributed by atoms with Crippen LogP contribution in [0.3, 0.4) is 0 Å². The van der Waals surface area contributed by atoms with E-state index >= 15 is 0 Å². The molecule has 0 saturated carbocycles. The zero-order valence-corrected chi connectivity index (χ0v) is 10.9. The summed E-state index contributed by atoms with van der Waals surface area (Å²) >= 11 is 0. The summed E-state index contributed by atoms with van der Waals surface area (Å²) in [5, 5.41) is 0. The zero-order valence-electron chi connectivity index (χ0n) is 10.9. The molecule has 1 aromatic carbocycles. The van der Waals surface area contributed by atoms with E-state index in [2.05, 4.69) is 4.74 Å². The van der Waals surface area contributed by atoms with Crippen LogP contribution in [0.25, 0.3) is 0 Å². The number of ether oxygens (including phenoxy) is 1. The van der Waals surface area contributed by atoms with Gasteiger partial charge in [0.1, 0.15) is 6.61 Å². The third-order valence-electron chi connectivity index (χ3n) is 2.60. The average molecular weight is 276 g/mol. The van der Waals surface area contributed by atoms with Gasteiger partial charge in [-0.1, -0.05) is 6.07 Å². The lowest BCUT2D eigenvalue weighted by atomic mass is 10.2. The Morgan fingerprint density at radius 2 is 2.05 bits per heavy atom. The Labute approximate surface area is 111 Å². The summed E-state index contributed by atoms with van der Waals surface area (Å²) in [6, 6.07) is 7.42. The van der Waals surface area contributed by atoms with E-state index in [9.17, 15) is 13.2 Å². The molecule has 108 valence electrons. The highest BCUT2D eigenvalue weighted by Crippen LogP contribution is 2.18. The van der Waals surface area contributed by atoms with Gasteiger partial charge < -0.3 is 15.4 Å². The van der Waals surface area contributed by atoms with Crippen molar-refractivity contribution in [1.29, 1.82) is 0 Å². The van der Waals surface area contributed by atoms with E-state index in [1.165, 1.54) is 0 Å². The van der Waals surface area contributed by atoms with E-state index in [1.807, 2.05) is 30.0 Å². The predicted molar refractivity (Wildman–Crippen MR) is 70.2 cm³/mol. The fraction of sp³-hybridized carbons (Fsp3) is 0.538. The summed E-state index contributed by atoms with van der Waals surface area (Å²) in [7, 11) is 0. The maximum atomic E-state index is 11.9. The summed E-state index contributed by atoms with van der Waals surface area (Å²) in [5.41, 5.74) is 7.34. The molecule has 1 rings (SSSR count). The van der Waals surface area contributed by atoms with Crippen molar-refractivity contribution in [3.8, 4) is 0 Å². The lowest BCUT2D eigenvalue weighted by Crippen LogP contribution is -2.25. The van der Waals surface area contributed by atoms with Crippen LogP contribution in [0.1, 0.15) is 13.3 Å². The van der Waals surface area contributed by atoms with Gasteiger partial charge in [-0.05, 0) is 31.5 Å². The first-order valence-electron chi connectivity index (χ1n) is 6.17. The van der Waals surface area contributed by atoms with Gasteiger partial charge in [-0.15, -0.1) is 0 Å². The Hall–Kier alpha value is -1.43. The van der Waals surface area contributed by atoms with Crippen LogP contribution in [0.15, 0.2) is 24.3 Å². The van der Waals surface area contributed by atoms with Crippen LogP contribution in [0, 0.1) is 0 Å². The first-order valence-corrected chi connectivity index (χ1v) is 6.17.